The minimum absolute atomic E-state index is 0.0450. The van der Waals surface area contributed by atoms with E-state index in [4.69, 9.17) is 0 Å². The Kier molecular flexibility index (Phi) is 4.80. The molecule has 1 fully saturated rings. The summed E-state index contributed by atoms with van der Waals surface area (Å²) in [6, 6.07) is 1.80. The number of aromatic nitrogens is 4. The lowest BCUT2D eigenvalue weighted by molar-refractivity contribution is 0.242. The molecule has 1 saturated heterocycles. The third-order valence-corrected chi connectivity index (χ3v) is 5.93. The van der Waals surface area contributed by atoms with Crippen molar-refractivity contribution < 1.29 is 0 Å². The second kappa shape index (κ2) is 7.21. The minimum atomic E-state index is 0.0450. The Morgan fingerprint density at radius 3 is 2.68 bits per heavy atom. The zero-order valence-corrected chi connectivity index (χ0v) is 15.5. The van der Waals surface area contributed by atoms with E-state index in [1.54, 1.807) is 10.7 Å². The first-order chi connectivity index (χ1) is 12.2. The number of fused-ring (bicyclic) bond motifs is 1. The third-order valence-electron chi connectivity index (χ3n) is 5.06. The van der Waals surface area contributed by atoms with Crippen LogP contribution in [0.2, 0.25) is 0 Å². The first kappa shape index (κ1) is 16.7. The maximum absolute atomic E-state index is 12.3. The van der Waals surface area contributed by atoms with E-state index >= 15 is 0 Å². The number of rotatable bonds is 4. The van der Waals surface area contributed by atoms with E-state index in [9.17, 15) is 4.79 Å². The van der Waals surface area contributed by atoms with Crippen molar-refractivity contribution in [2.75, 3.05) is 37.6 Å². The van der Waals surface area contributed by atoms with E-state index in [0.717, 1.165) is 67.8 Å². The molecule has 2 aliphatic rings. The highest BCUT2D eigenvalue weighted by Crippen LogP contribution is 2.19. The van der Waals surface area contributed by atoms with Gasteiger partial charge in [0, 0.05) is 50.3 Å². The first-order valence-corrected chi connectivity index (χ1v) is 9.84. The van der Waals surface area contributed by atoms with Crippen molar-refractivity contribution in [2.45, 2.75) is 39.2 Å². The van der Waals surface area contributed by atoms with Crippen molar-refractivity contribution in [2.24, 2.45) is 0 Å². The van der Waals surface area contributed by atoms with Gasteiger partial charge in [0.25, 0.3) is 5.56 Å². The maximum Gasteiger partial charge on any atom is 0.267 e. The van der Waals surface area contributed by atoms with Gasteiger partial charge in [-0.3, -0.25) is 9.69 Å². The van der Waals surface area contributed by atoms with Crippen molar-refractivity contribution >= 4 is 16.7 Å². The Hall–Kier alpha value is -1.80. The van der Waals surface area contributed by atoms with Gasteiger partial charge in [-0.25, -0.2) is 9.67 Å². The summed E-state index contributed by atoms with van der Waals surface area (Å²) in [5.74, 6) is 0.847. The predicted octanol–water partition coefficient (Wildman–Crippen LogP) is 1.10. The maximum atomic E-state index is 12.3. The van der Waals surface area contributed by atoms with E-state index in [1.807, 2.05) is 6.92 Å². The van der Waals surface area contributed by atoms with Crippen molar-refractivity contribution in [3.63, 3.8) is 0 Å². The number of nitrogens with zero attached hydrogens (tertiary/aromatic N) is 6. The van der Waals surface area contributed by atoms with Crippen LogP contribution in [0.4, 0.5) is 5.13 Å². The monoisotopic (exact) mass is 360 g/mol. The molecule has 8 heteroatoms. The van der Waals surface area contributed by atoms with Crippen LogP contribution in [0.1, 0.15) is 29.9 Å². The molecular formula is C17H24N6OS. The van der Waals surface area contributed by atoms with Crippen LogP contribution in [0.15, 0.2) is 10.9 Å². The van der Waals surface area contributed by atoms with Crippen molar-refractivity contribution in [1.82, 2.24) is 24.0 Å². The van der Waals surface area contributed by atoms with Crippen LogP contribution in [0.25, 0.3) is 0 Å². The summed E-state index contributed by atoms with van der Waals surface area (Å²) in [5.41, 5.74) is 2.33. The van der Waals surface area contributed by atoms with Crippen LogP contribution in [0.5, 0.6) is 0 Å². The molecular weight excluding hydrogens is 336 g/mol. The van der Waals surface area contributed by atoms with Crippen LogP contribution >= 0.6 is 11.5 Å². The lowest BCUT2D eigenvalue weighted by Crippen LogP contribution is -2.47. The average Bonchev–Trinajstić information content (AvgIpc) is 3.07. The van der Waals surface area contributed by atoms with Crippen molar-refractivity contribution in [3.05, 3.63) is 33.5 Å². The average molecular weight is 360 g/mol. The van der Waals surface area contributed by atoms with Crippen LogP contribution in [0, 0.1) is 6.92 Å². The number of piperazine rings is 1. The summed E-state index contributed by atoms with van der Waals surface area (Å²) in [6.45, 7) is 7.36. The van der Waals surface area contributed by atoms with E-state index < -0.39 is 0 Å². The molecule has 1 aliphatic carbocycles. The van der Waals surface area contributed by atoms with E-state index in [2.05, 4.69) is 24.3 Å². The predicted molar refractivity (Wildman–Crippen MR) is 98.4 cm³/mol. The normalized spacial score (nSPS) is 18.4. The standard InChI is InChI=1S/C17H24N6OS/c1-13-18-17(25-20-13)22-9-6-21(7-10-22)8-11-23-16(24)12-14-4-2-3-5-15(14)19-23/h12H,2-11H2,1H3. The van der Waals surface area contributed by atoms with Gasteiger partial charge < -0.3 is 4.90 Å². The molecule has 25 heavy (non-hydrogen) atoms. The largest absolute Gasteiger partial charge is 0.344 e. The molecule has 0 spiro atoms. The molecule has 134 valence electrons. The fourth-order valence-electron chi connectivity index (χ4n) is 3.57. The lowest BCUT2D eigenvalue weighted by atomic mass is 9.97. The SMILES string of the molecule is Cc1nsc(N2CCN(CCn3nc4c(cc3=O)CCCC4)CC2)n1. The molecule has 0 saturated carbocycles. The minimum Gasteiger partial charge on any atom is -0.344 e. The van der Waals surface area contributed by atoms with Crippen LogP contribution in [0.3, 0.4) is 0 Å². The fourth-order valence-corrected chi connectivity index (χ4v) is 4.30. The first-order valence-electron chi connectivity index (χ1n) is 9.06. The van der Waals surface area contributed by atoms with Gasteiger partial charge in [0.2, 0.25) is 5.13 Å². The molecule has 2 aromatic heterocycles. The van der Waals surface area contributed by atoms with Gasteiger partial charge in [0.1, 0.15) is 5.82 Å². The van der Waals surface area contributed by atoms with Crippen LogP contribution in [-0.2, 0) is 19.4 Å². The highest BCUT2D eigenvalue weighted by atomic mass is 32.1. The molecule has 0 aromatic carbocycles. The Morgan fingerprint density at radius 2 is 1.92 bits per heavy atom. The van der Waals surface area contributed by atoms with Gasteiger partial charge in [-0.2, -0.15) is 9.47 Å². The fraction of sp³-hybridized carbons (Fsp3) is 0.647. The van der Waals surface area contributed by atoms with Crippen molar-refractivity contribution in [3.8, 4) is 0 Å². The zero-order valence-electron chi connectivity index (χ0n) is 14.6. The summed E-state index contributed by atoms with van der Waals surface area (Å²) in [7, 11) is 0. The Balaban J connectivity index is 1.33. The molecule has 4 rings (SSSR count). The Labute approximate surface area is 151 Å². The van der Waals surface area contributed by atoms with E-state index in [-0.39, 0.29) is 5.56 Å². The van der Waals surface area contributed by atoms with Crippen molar-refractivity contribution in [1.29, 1.82) is 0 Å². The Bertz CT molecular complexity index is 793. The smallest absolute Gasteiger partial charge is 0.267 e. The van der Waals surface area contributed by atoms with Gasteiger partial charge in [-0.05, 0) is 38.2 Å². The zero-order chi connectivity index (χ0) is 17.2. The quantitative estimate of drug-likeness (QED) is 0.814. The van der Waals surface area contributed by atoms with E-state index in [0.29, 0.717) is 6.54 Å². The molecule has 0 unspecified atom stereocenters. The molecule has 0 radical (unpaired) electrons. The summed E-state index contributed by atoms with van der Waals surface area (Å²) < 4.78 is 5.92. The van der Waals surface area contributed by atoms with Crippen LogP contribution in [-0.4, -0.2) is 56.8 Å². The molecule has 7 nitrogen and oxygen atoms in total. The second-order valence-corrected chi connectivity index (χ2v) is 7.57. The molecule has 0 N–H and O–H groups in total. The lowest BCUT2D eigenvalue weighted by Gasteiger charge is -2.34. The Morgan fingerprint density at radius 1 is 1.12 bits per heavy atom. The molecule has 0 amide bonds. The number of aryl methyl sites for hydroxylation is 3. The number of anilines is 1. The summed E-state index contributed by atoms with van der Waals surface area (Å²) in [6.07, 6.45) is 4.38. The molecule has 3 heterocycles. The molecule has 2 aromatic rings. The van der Waals surface area contributed by atoms with Gasteiger partial charge in [-0.1, -0.05) is 0 Å². The summed E-state index contributed by atoms with van der Waals surface area (Å²) in [5, 5.41) is 5.63. The summed E-state index contributed by atoms with van der Waals surface area (Å²) in [4.78, 5) is 21.4. The highest BCUT2D eigenvalue weighted by molar-refractivity contribution is 7.09. The van der Waals surface area contributed by atoms with Crippen LogP contribution < -0.4 is 10.5 Å². The molecule has 0 bridgehead atoms. The van der Waals surface area contributed by atoms with Gasteiger partial charge in [-0.15, -0.1) is 0 Å². The molecule has 1 aliphatic heterocycles. The van der Waals surface area contributed by atoms with Gasteiger partial charge >= 0.3 is 0 Å². The second-order valence-electron chi connectivity index (χ2n) is 6.84. The number of hydrogen-bond donors (Lipinski definition) is 0. The van der Waals surface area contributed by atoms with E-state index in [1.165, 1.54) is 24.4 Å². The molecule has 0 atom stereocenters. The topological polar surface area (TPSA) is 67.2 Å². The van der Waals surface area contributed by atoms with Gasteiger partial charge in [0.05, 0.1) is 12.2 Å². The third kappa shape index (κ3) is 3.74. The summed E-state index contributed by atoms with van der Waals surface area (Å²) >= 11 is 1.47. The number of hydrogen-bond acceptors (Lipinski definition) is 7. The van der Waals surface area contributed by atoms with Gasteiger partial charge in [0.15, 0.2) is 0 Å². The highest BCUT2D eigenvalue weighted by Gasteiger charge is 2.20.